The largest absolute Gasteiger partial charge is 0.417 e. The van der Waals surface area contributed by atoms with Gasteiger partial charge in [0, 0.05) is 43.2 Å². The quantitative estimate of drug-likeness (QED) is 0.137. The first-order valence-electron chi connectivity index (χ1n) is 26.7. The van der Waals surface area contributed by atoms with E-state index in [-0.39, 0.29) is 5.56 Å². The van der Waals surface area contributed by atoms with Crippen LogP contribution in [-0.4, -0.2) is 13.3 Å². The third-order valence-corrected chi connectivity index (χ3v) is 17.4. The average molecular weight is 1080 g/mol. The maximum Gasteiger partial charge on any atom is 0.417 e. The van der Waals surface area contributed by atoms with Gasteiger partial charge in [0.05, 0.1) is 34.0 Å². The molecule has 9 heteroatoms. The Bertz CT molecular complexity index is 4500. The molecular formula is C71H53F3N4S2. The molecule has 11 aromatic carbocycles. The highest BCUT2D eigenvalue weighted by Crippen LogP contribution is 2.46. The molecule has 4 nitrogen and oxygen atoms in total. The van der Waals surface area contributed by atoms with Gasteiger partial charge in [0.2, 0.25) is 0 Å². The number of anilines is 3. The topological polar surface area (TPSA) is 34.0 Å². The second kappa shape index (κ2) is 20.2. The molecular weight excluding hydrogens is 1030 g/mol. The van der Waals surface area contributed by atoms with E-state index in [9.17, 15) is 13.2 Å². The Morgan fingerprint density at radius 1 is 0.463 bits per heavy atom. The second-order valence-electron chi connectivity index (χ2n) is 21.0. The van der Waals surface area contributed by atoms with E-state index < -0.39 is 11.7 Å². The zero-order valence-corrected chi connectivity index (χ0v) is 46.6. The van der Waals surface area contributed by atoms with Crippen LogP contribution in [0.3, 0.4) is 0 Å². The zero-order chi connectivity index (χ0) is 55.0. The first kappa shape index (κ1) is 50.7. The third kappa shape index (κ3) is 9.10. The number of benzene rings is 11. The van der Waals surface area contributed by atoms with Crippen LogP contribution in [0.4, 0.5) is 30.2 Å². The summed E-state index contributed by atoms with van der Waals surface area (Å²) in [4.78, 5) is 4.58. The Labute approximate surface area is 471 Å². The lowest BCUT2D eigenvalue weighted by Gasteiger charge is -2.26. The molecule has 0 N–H and O–H groups in total. The Balaban J connectivity index is 0.955. The Morgan fingerprint density at radius 3 is 1.79 bits per heavy atom. The molecule has 390 valence electrons. The standard InChI is InChI=1S/C71H53F3N4S2/c1-42-15-31-58(62(39-42)71(72,73)74)50-18-25-55(26-19-50)77(54-23-16-49(17-24-54)48-13-8-7-9-14-48)65-36-33-60(68-69(65)76-80-75-68)52-21-34-63-61(41-52)67-59-32-20-53(66-46(5)37-43(2)38-47(66)6)40-51(59)22-35-64(67)78(63)56-27-29-57(30-28-56)79-70-44(3)11-10-12-45(70)4/h7-41H,1-6H3. The lowest BCUT2D eigenvalue weighted by atomic mass is 9.91. The molecule has 0 spiro atoms. The number of aryl methyl sites for hydroxylation is 6. The van der Waals surface area contributed by atoms with Crippen molar-refractivity contribution >= 4 is 84.2 Å². The van der Waals surface area contributed by atoms with Gasteiger partial charge in [-0.15, -0.1) is 0 Å². The lowest BCUT2D eigenvalue weighted by molar-refractivity contribution is -0.137. The number of aromatic nitrogens is 3. The van der Waals surface area contributed by atoms with Crippen molar-refractivity contribution in [3.63, 3.8) is 0 Å². The van der Waals surface area contributed by atoms with Crippen molar-refractivity contribution in [1.82, 2.24) is 13.3 Å². The summed E-state index contributed by atoms with van der Waals surface area (Å²) < 4.78 is 55.7. The normalized spacial score (nSPS) is 11.9. The summed E-state index contributed by atoms with van der Waals surface area (Å²) >= 11 is 2.97. The third-order valence-electron chi connectivity index (χ3n) is 15.5. The number of hydrogen-bond donors (Lipinski definition) is 0. The Morgan fingerprint density at radius 2 is 1.09 bits per heavy atom. The van der Waals surface area contributed by atoms with Crippen LogP contribution in [0.15, 0.2) is 222 Å². The predicted molar refractivity (Wildman–Crippen MR) is 330 cm³/mol. The maximum absolute atomic E-state index is 14.4. The highest BCUT2D eigenvalue weighted by atomic mass is 32.2. The lowest BCUT2D eigenvalue weighted by Crippen LogP contribution is -2.11. The first-order valence-corrected chi connectivity index (χ1v) is 28.2. The highest BCUT2D eigenvalue weighted by Gasteiger charge is 2.34. The predicted octanol–water partition coefficient (Wildman–Crippen LogP) is 21.1. The van der Waals surface area contributed by atoms with Crippen molar-refractivity contribution in [1.29, 1.82) is 0 Å². The molecule has 0 unspecified atom stereocenters. The fraction of sp³-hybridized carbons (Fsp3) is 0.0986. The maximum atomic E-state index is 14.4. The molecule has 80 heavy (non-hydrogen) atoms. The van der Waals surface area contributed by atoms with Gasteiger partial charge in [-0.25, -0.2) is 0 Å². The summed E-state index contributed by atoms with van der Waals surface area (Å²) in [5.41, 5.74) is 20.5. The second-order valence-corrected chi connectivity index (χ2v) is 22.6. The van der Waals surface area contributed by atoms with Gasteiger partial charge in [-0.3, -0.25) is 0 Å². The van der Waals surface area contributed by atoms with Gasteiger partial charge in [-0.1, -0.05) is 144 Å². The van der Waals surface area contributed by atoms with Crippen LogP contribution in [0, 0.1) is 41.5 Å². The Kier molecular flexibility index (Phi) is 12.8. The molecule has 0 fully saturated rings. The fourth-order valence-electron chi connectivity index (χ4n) is 11.9. The summed E-state index contributed by atoms with van der Waals surface area (Å²) in [6.07, 6.45) is -4.51. The number of fused-ring (bicyclic) bond motifs is 6. The summed E-state index contributed by atoms with van der Waals surface area (Å²) in [6, 6.07) is 72.7. The van der Waals surface area contributed by atoms with Gasteiger partial charge in [-0.05, 0) is 205 Å². The van der Waals surface area contributed by atoms with Gasteiger partial charge in [-0.2, -0.15) is 21.9 Å². The van der Waals surface area contributed by atoms with Gasteiger partial charge >= 0.3 is 6.18 Å². The van der Waals surface area contributed by atoms with Gasteiger partial charge in [0.15, 0.2) is 0 Å². The van der Waals surface area contributed by atoms with Crippen molar-refractivity contribution in [3.05, 3.63) is 251 Å². The van der Waals surface area contributed by atoms with Crippen molar-refractivity contribution in [2.45, 2.75) is 57.5 Å². The van der Waals surface area contributed by atoms with E-state index >= 15 is 0 Å². The van der Waals surface area contributed by atoms with E-state index in [1.807, 2.05) is 30.3 Å². The zero-order valence-electron chi connectivity index (χ0n) is 44.9. The van der Waals surface area contributed by atoms with Gasteiger partial charge < -0.3 is 9.47 Å². The van der Waals surface area contributed by atoms with Crippen molar-refractivity contribution in [2.75, 3.05) is 4.90 Å². The van der Waals surface area contributed by atoms with E-state index in [1.54, 1.807) is 43.0 Å². The summed E-state index contributed by atoms with van der Waals surface area (Å²) in [5.74, 6) is 0. The number of rotatable bonds is 10. The minimum absolute atomic E-state index is 0.134. The fourth-order valence-corrected chi connectivity index (χ4v) is 13.4. The van der Waals surface area contributed by atoms with Crippen molar-refractivity contribution in [3.8, 4) is 50.2 Å². The number of alkyl halides is 3. The molecule has 13 aromatic rings. The summed E-state index contributed by atoms with van der Waals surface area (Å²) in [6.45, 7) is 12.6. The number of halogens is 3. The molecule has 0 bridgehead atoms. The molecule has 2 aromatic heterocycles. The monoisotopic (exact) mass is 1080 g/mol. The molecule has 13 rings (SSSR count). The van der Waals surface area contributed by atoms with E-state index in [0.29, 0.717) is 16.6 Å². The van der Waals surface area contributed by atoms with E-state index in [0.717, 1.165) is 78.7 Å². The molecule has 0 aliphatic carbocycles. The summed E-state index contributed by atoms with van der Waals surface area (Å²) in [7, 11) is 0. The van der Waals surface area contributed by atoms with Crippen LogP contribution in [0.1, 0.15) is 38.9 Å². The van der Waals surface area contributed by atoms with Crippen LogP contribution in [0.25, 0.3) is 93.8 Å². The van der Waals surface area contributed by atoms with Crippen LogP contribution in [-0.2, 0) is 6.18 Å². The van der Waals surface area contributed by atoms with E-state index in [4.69, 9.17) is 8.75 Å². The molecule has 0 atom stereocenters. The summed E-state index contributed by atoms with van der Waals surface area (Å²) in [5, 5.41) is 4.63. The van der Waals surface area contributed by atoms with Crippen LogP contribution in [0.5, 0.6) is 0 Å². The molecule has 0 aliphatic rings. The molecule has 0 amide bonds. The highest BCUT2D eigenvalue weighted by molar-refractivity contribution is 7.99. The van der Waals surface area contributed by atoms with Crippen molar-refractivity contribution < 1.29 is 13.2 Å². The molecule has 0 radical (unpaired) electrons. The Hall–Kier alpha value is -8.76. The smallest absolute Gasteiger partial charge is 0.309 e. The minimum atomic E-state index is -4.51. The number of hydrogen-bond acceptors (Lipinski definition) is 5. The van der Waals surface area contributed by atoms with Crippen LogP contribution < -0.4 is 4.90 Å². The molecule has 0 saturated carbocycles. The van der Waals surface area contributed by atoms with Crippen molar-refractivity contribution in [2.24, 2.45) is 0 Å². The van der Waals surface area contributed by atoms with E-state index in [2.05, 4.69) is 196 Å². The number of nitrogens with zero attached hydrogens (tertiary/aromatic N) is 4. The van der Waals surface area contributed by atoms with Gasteiger partial charge in [0.25, 0.3) is 0 Å². The van der Waals surface area contributed by atoms with Crippen LogP contribution in [0.2, 0.25) is 0 Å². The molecule has 2 heterocycles. The van der Waals surface area contributed by atoms with Crippen LogP contribution >= 0.6 is 23.5 Å². The first-order chi connectivity index (χ1) is 38.7. The van der Waals surface area contributed by atoms with Gasteiger partial charge in [0.1, 0.15) is 11.0 Å². The SMILES string of the molecule is Cc1cc(C)c(-c2ccc3c(ccc4c3c3cc(-c5ccc(N(c6ccc(-c7ccccc7)cc6)c6ccc(-c7ccc(C)cc7C(F)(F)F)cc6)c6nsnc56)ccc3n4-c3ccc(Sc4c(C)cccc4C)cc3)c2)c(C)c1. The van der Waals surface area contributed by atoms with E-state index in [1.165, 1.54) is 71.0 Å². The molecule has 0 saturated heterocycles. The molecule has 0 aliphatic heterocycles. The average Bonchev–Trinajstić information content (AvgIpc) is 4.27. The minimum Gasteiger partial charge on any atom is -0.309 e.